The standard InChI is InChI=1S/C15H18N2O4/c1-10-9-17(15(19)16-14(10)18)5-4-11-2-3-12-13(8-11)21-7-6-20-12/h2-3,8,10H,4-7,9H2,1H3,(H,16,18,19). The van der Waals surface area contributed by atoms with E-state index in [0.717, 1.165) is 17.1 Å². The zero-order valence-electron chi connectivity index (χ0n) is 11.9. The Labute approximate surface area is 123 Å². The summed E-state index contributed by atoms with van der Waals surface area (Å²) in [6.45, 7) is 3.99. The van der Waals surface area contributed by atoms with Gasteiger partial charge in [-0.3, -0.25) is 10.1 Å². The second-order valence-electron chi connectivity index (χ2n) is 5.37. The third-order valence-corrected chi connectivity index (χ3v) is 3.74. The van der Waals surface area contributed by atoms with Crippen molar-refractivity contribution in [2.24, 2.45) is 5.92 Å². The number of amides is 3. The number of hydrogen-bond donors (Lipinski definition) is 1. The maximum absolute atomic E-state index is 11.8. The van der Waals surface area contributed by atoms with Crippen LogP contribution in [0, 0.1) is 5.92 Å². The lowest BCUT2D eigenvalue weighted by Crippen LogP contribution is -2.54. The van der Waals surface area contributed by atoms with Crippen LogP contribution in [0.1, 0.15) is 12.5 Å². The number of urea groups is 1. The van der Waals surface area contributed by atoms with E-state index in [9.17, 15) is 9.59 Å². The van der Waals surface area contributed by atoms with E-state index in [2.05, 4.69) is 5.32 Å². The van der Waals surface area contributed by atoms with Gasteiger partial charge < -0.3 is 14.4 Å². The highest BCUT2D eigenvalue weighted by Gasteiger charge is 2.28. The molecule has 1 N–H and O–H groups in total. The zero-order chi connectivity index (χ0) is 14.8. The van der Waals surface area contributed by atoms with Gasteiger partial charge in [-0.2, -0.15) is 0 Å². The van der Waals surface area contributed by atoms with Gasteiger partial charge in [0.15, 0.2) is 11.5 Å². The molecule has 0 aliphatic carbocycles. The number of carbonyl (C=O) groups excluding carboxylic acids is 2. The number of nitrogens with one attached hydrogen (secondary N) is 1. The van der Waals surface area contributed by atoms with Crippen molar-refractivity contribution in [2.75, 3.05) is 26.3 Å². The van der Waals surface area contributed by atoms with Gasteiger partial charge in [-0.25, -0.2) is 4.79 Å². The van der Waals surface area contributed by atoms with Crippen LogP contribution >= 0.6 is 0 Å². The number of benzene rings is 1. The van der Waals surface area contributed by atoms with Crippen molar-refractivity contribution in [2.45, 2.75) is 13.3 Å². The van der Waals surface area contributed by atoms with Gasteiger partial charge in [0, 0.05) is 13.1 Å². The van der Waals surface area contributed by atoms with E-state index in [1.54, 1.807) is 4.90 Å². The van der Waals surface area contributed by atoms with Gasteiger partial charge in [-0.1, -0.05) is 13.0 Å². The van der Waals surface area contributed by atoms with Crippen molar-refractivity contribution in [3.63, 3.8) is 0 Å². The Morgan fingerprint density at radius 2 is 2.00 bits per heavy atom. The summed E-state index contributed by atoms with van der Waals surface area (Å²) in [6.07, 6.45) is 0.713. The second kappa shape index (κ2) is 5.63. The summed E-state index contributed by atoms with van der Waals surface area (Å²) in [5.74, 6) is 1.16. The molecule has 112 valence electrons. The predicted octanol–water partition coefficient (Wildman–Crippen LogP) is 1.19. The van der Waals surface area contributed by atoms with E-state index < -0.39 is 0 Å². The molecule has 1 atom stereocenters. The van der Waals surface area contributed by atoms with Gasteiger partial charge in [0.1, 0.15) is 13.2 Å². The molecule has 2 heterocycles. The molecule has 2 aliphatic heterocycles. The summed E-state index contributed by atoms with van der Waals surface area (Å²) < 4.78 is 11.0. The van der Waals surface area contributed by atoms with Gasteiger partial charge in [-0.05, 0) is 24.1 Å². The largest absolute Gasteiger partial charge is 0.486 e. The highest BCUT2D eigenvalue weighted by molar-refractivity contribution is 5.97. The van der Waals surface area contributed by atoms with Crippen LogP contribution in [0.4, 0.5) is 4.79 Å². The molecule has 1 unspecified atom stereocenters. The predicted molar refractivity (Wildman–Crippen MR) is 75.4 cm³/mol. The molecule has 3 rings (SSSR count). The van der Waals surface area contributed by atoms with Crippen molar-refractivity contribution in [1.82, 2.24) is 10.2 Å². The van der Waals surface area contributed by atoms with Crippen molar-refractivity contribution >= 4 is 11.9 Å². The maximum atomic E-state index is 11.8. The average Bonchev–Trinajstić information content (AvgIpc) is 2.49. The number of carbonyl (C=O) groups is 2. The first-order valence-electron chi connectivity index (χ1n) is 7.12. The third-order valence-electron chi connectivity index (χ3n) is 3.74. The molecule has 0 bridgehead atoms. The number of hydrogen-bond acceptors (Lipinski definition) is 4. The van der Waals surface area contributed by atoms with E-state index in [-0.39, 0.29) is 17.9 Å². The van der Waals surface area contributed by atoms with E-state index in [4.69, 9.17) is 9.47 Å². The highest BCUT2D eigenvalue weighted by atomic mass is 16.6. The summed E-state index contributed by atoms with van der Waals surface area (Å²) >= 11 is 0. The molecular formula is C15H18N2O4. The lowest BCUT2D eigenvalue weighted by atomic mass is 10.1. The summed E-state index contributed by atoms with van der Waals surface area (Å²) in [5.41, 5.74) is 1.08. The quantitative estimate of drug-likeness (QED) is 0.908. The van der Waals surface area contributed by atoms with E-state index in [1.165, 1.54) is 0 Å². The summed E-state index contributed by atoms with van der Waals surface area (Å²) in [6, 6.07) is 5.51. The monoisotopic (exact) mass is 290 g/mol. The maximum Gasteiger partial charge on any atom is 0.324 e. The molecule has 1 saturated heterocycles. The third kappa shape index (κ3) is 2.94. The molecule has 0 saturated carbocycles. The van der Waals surface area contributed by atoms with Gasteiger partial charge in [-0.15, -0.1) is 0 Å². The molecule has 1 aromatic rings. The summed E-state index contributed by atoms with van der Waals surface area (Å²) in [7, 11) is 0. The molecule has 6 heteroatoms. The molecule has 1 aromatic carbocycles. The SMILES string of the molecule is CC1CN(CCc2ccc3c(c2)OCCO3)C(=O)NC1=O. The van der Waals surface area contributed by atoms with Crippen molar-refractivity contribution < 1.29 is 19.1 Å². The zero-order valence-corrected chi connectivity index (χ0v) is 11.9. The van der Waals surface area contributed by atoms with Crippen LogP contribution in [0.15, 0.2) is 18.2 Å². The van der Waals surface area contributed by atoms with Gasteiger partial charge in [0.25, 0.3) is 0 Å². The first-order chi connectivity index (χ1) is 10.1. The molecule has 0 aromatic heterocycles. The number of rotatable bonds is 3. The topological polar surface area (TPSA) is 67.9 Å². The first-order valence-corrected chi connectivity index (χ1v) is 7.12. The van der Waals surface area contributed by atoms with Crippen molar-refractivity contribution in [1.29, 1.82) is 0 Å². The Bertz CT molecular complexity index is 573. The Hall–Kier alpha value is -2.24. The van der Waals surface area contributed by atoms with Crippen LogP contribution in [0.25, 0.3) is 0 Å². The minimum Gasteiger partial charge on any atom is -0.486 e. The van der Waals surface area contributed by atoms with Crippen molar-refractivity contribution in [3.05, 3.63) is 23.8 Å². The smallest absolute Gasteiger partial charge is 0.324 e. The van der Waals surface area contributed by atoms with Crippen LogP contribution in [0.2, 0.25) is 0 Å². The Balaban J connectivity index is 1.62. The fourth-order valence-electron chi connectivity index (χ4n) is 2.50. The molecule has 6 nitrogen and oxygen atoms in total. The van der Waals surface area contributed by atoms with E-state index in [0.29, 0.717) is 32.7 Å². The lowest BCUT2D eigenvalue weighted by Gasteiger charge is -2.30. The number of nitrogens with zero attached hydrogens (tertiary/aromatic N) is 1. The lowest BCUT2D eigenvalue weighted by molar-refractivity contribution is -0.125. The first kappa shape index (κ1) is 13.7. The van der Waals surface area contributed by atoms with Crippen LogP contribution in [0.5, 0.6) is 11.5 Å². The minimum absolute atomic E-state index is 0.164. The van der Waals surface area contributed by atoms with Crippen LogP contribution in [-0.4, -0.2) is 43.1 Å². The highest BCUT2D eigenvalue weighted by Crippen LogP contribution is 2.30. The molecule has 0 radical (unpaired) electrons. The molecule has 3 amide bonds. The van der Waals surface area contributed by atoms with Crippen LogP contribution < -0.4 is 14.8 Å². The summed E-state index contributed by atoms with van der Waals surface area (Å²) in [4.78, 5) is 24.8. The fourth-order valence-corrected chi connectivity index (χ4v) is 2.50. The Kier molecular flexibility index (Phi) is 3.68. The number of imide groups is 1. The Morgan fingerprint density at radius 3 is 2.81 bits per heavy atom. The number of ether oxygens (including phenoxy) is 2. The molecule has 2 aliphatic rings. The second-order valence-corrected chi connectivity index (χ2v) is 5.37. The average molecular weight is 290 g/mol. The van der Waals surface area contributed by atoms with Crippen LogP contribution in [0.3, 0.4) is 0 Å². The van der Waals surface area contributed by atoms with Gasteiger partial charge >= 0.3 is 6.03 Å². The van der Waals surface area contributed by atoms with Crippen molar-refractivity contribution in [3.8, 4) is 11.5 Å². The molecule has 21 heavy (non-hydrogen) atoms. The molecule has 1 fully saturated rings. The Morgan fingerprint density at radius 1 is 1.24 bits per heavy atom. The van der Waals surface area contributed by atoms with E-state index >= 15 is 0 Å². The normalized spacial score (nSPS) is 21.2. The summed E-state index contributed by atoms with van der Waals surface area (Å²) in [5, 5.41) is 2.37. The number of fused-ring (bicyclic) bond motifs is 1. The minimum atomic E-state index is -0.310. The van der Waals surface area contributed by atoms with Gasteiger partial charge in [0.05, 0.1) is 5.92 Å². The molecule has 0 spiro atoms. The van der Waals surface area contributed by atoms with E-state index in [1.807, 2.05) is 25.1 Å². The van der Waals surface area contributed by atoms with Crippen LogP contribution in [-0.2, 0) is 11.2 Å². The molecular weight excluding hydrogens is 272 g/mol. The fraction of sp³-hybridized carbons (Fsp3) is 0.467. The van der Waals surface area contributed by atoms with Gasteiger partial charge in [0.2, 0.25) is 5.91 Å².